The number of aromatic nitrogens is 2. The number of halogens is 1. The van der Waals surface area contributed by atoms with E-state index in [0.29, 0.717) is 34.8 Å². The number of hydrogen-bond donors (Lipinski definition) is 0. The number of hydrogen-bond acceptors (Lipinski definition) is 4. The molecule has 5 heteroatoms. The minimum absolute atomic E-state index is 0.190. The SMILES string of the molecule is COCc1nc(Cl)cc(OC2CC(C)CC(C)(C)C2)n1. The van der Waals surface area contributed by atoms with Gasteiger partial charge in [-0.1, -0.05) is 32.4 Å². The zero-order valence-corrected chi connectivity index (χ0v) is 13.4. The predicted molar refractivity (Wildman–Crippen MR) is 79.0 cm³/mol. The molecule has 0 aliphatic heterocycles. The Balaban J connectivity index is 2.09. The van der Waals surface area contributed by atoms with Crippen LogP contribution in [0.4, 0.5) is 0 Å². The van der Waals surface area contributed by atoms with Crippen molar-refractivity contribution in [3.63, 3.8) is 0 Å². The van der Waals surface area contributed by atoms with Gasteiger partial charge in [0.05, 0.1) is 0 Å². The van der Waals surface area contributed by atoms with Crippen LogP contribution < -0.4 is 4.74 Å². The van der Waals surface area contributed by atoms with Gasteiger partial charge in [0.1, 0.15) is 17.9 Å². The summed E-state index contributed by atoms with van der Waals surface area (Å²) in [6.45, 7) is 7.20. The second-order valence-electron chi connectivity index (χ2n) is 6.53. The maximum absolute atomic E-state index is 6.04. The average Bonchev–Trinajstić information content (AvgIpc) is 2.24. The first kappa shape index (κ1) is 15.5. The van der Waals surface area contributed by atoms with Crippen LogP contribution in [0.25, 0.3) is 0 Å². The Labute approximate surface area is 125 Å². The van der Waals surface area contributed by atoms with Crippen LogP contribution in [0.1, 0.15) is 45.9 Å². The fourth-order valence-electron chi connectivity index (χ4n) is 3.21. The van der Waals surface area contributed by atoms with Gasteiger partial charge in [0.25, 0.3) is 0 Å². The molecule has 1 aliphatic carbocycles. The van der Waals surface area contributed by atoms with Crippen molar-refractivity contribution in [3.8, 4) is 5.88 Å². The molecule has 2 atom stereocenters. The van der Waals surface area contributed by atoms with E-state index in [1.807, 2.05) is 0 Å². The second kappa shape index (κ2) is 6.27. The third-order valence-corrected chi connectivity index (χ3v) is 3.82. The first-order valence-electron chi connectivity index (χ1n) is 7.07. The van der Waals surface area contributed by atoms with E-state index in [4.69, 9.17) is 21.1 Å². The normalized spacial score (nSPS) is 25.4. The van der Waals surface area contributed by atoms with E-state index < -0.39 is 0 Å². The number of methoxy groups -OCH3 is 1. The third kappa shape index (κ3) is 4.32. The summed E-state index contributed by atoms with van der Waals surface area (Å²) in [4.78, 5) is 8.46. The van der Waals surface area contributed by atoms with E-state index >= 15 is 0 Å². The largest absolute Gasteiger partial charge is 0.474 e. The van der Waals surface area contributed by atoms with Crippen LogP contribution in [0.5, 0.6) is 5.88 Å². The number of ether oxygens (including phenoxy) is 2. The Morgan fingerprint density at radius 2 is 2.10 bits per heavy atom. The summed E-state index contributed by atoms with van der Waals surface area (Å²) >= 11 is 6.00. The summed E-state index contributed by atoms with van der Waals surface area (Å²) in [6.07, 6.45) is 3.53. The summed E-state index contributed by atoms with van der Waals surface area (Å²) in [5.41, 5.74) is 0.314. The Morgan fingerprint density at radius 1 is 1.35 bits per heavy atom. The summed E-state index contributed by atoms with van der Waals surface area (Å²) in [5.74, 6) is 1.77. The zero-order chi connectivity index (χ0) is 14.8. The van der Waals surface area contributed by atoms with Gasteiger partial charge in [-0.15, -0.1) is 0 Å². The third-order valence-electron chi connectivity index (χ3n) is 3.63. The van der Waals surface area contributed by atoms with E-state index in [1.165, 1.54) is 6.42 Å². The maximum Gasteiger partial charge on any atom is 0.218 e. The van der Waals surface area contributed by atoms with Crippen LogP contribution in [0, 0.1) is 11.3 Å². The average molecular weight is 299 g/mol. The Kier molecular flexibility index (Phi) is 4.86. The molecule has 1 aromatic rings. The number of rotatable bonds is 4. The van der Waals surface area contributed by atoms with Gasteiger partial charge in [-0.05, 0) is 30.6 Å². The molecule has 0 radical (unpaired) electrons. The highest BCUT2D eigenvalue weighted by Crippen LogP contribution is 2.39. The Hall–Kier alpha value is -0.870. The van der Waals surface area contributed by atoms with Crippen LogP contribution in [-0.2, 0) is 11.3 Å². The van der Waals surface area contributed by atoms with Crippen molar-refractivity contribution in [1.29, 1.82) is 0 Å². The van der Waals surface area contributed by atoms with Crippen molar-refractivity contribution < 1.29 is 9.47 Å². The van der Waals surface area contributed by atoms with Crippen molar-refractivity contribution in [1.82, 2.24) is 9.97 Å². The highest BCUT2D eigenvalue weighted by atomic mass is 35.5. The van der Waals surface area contributed by atoms with Gasteiger partial charge < -0.3 is 9.47 Å². The molecular weight excluding hydrogens is 276 g/mol. The molecular formula is C15H23ClN2O2. The highest BCUT2D eigenvalue weighted by molar-refractivity contribution is 6.29. The first-order valence-corrected chi connectivity index (χ1v) is 7.45. The van der Waals surface area contributed by atoms with Crippen molar-refractivity contribution >= 4 is 11.6 Å². The summed E-state index contributed by atoms with van der Waals surface area (Å²) < 4.78 is 11.1. The lowest BCUT2D eigenvalue weighted by atomic mass is 9.71. The van der Waals surface area contributed by atoms with E-state index in [0.717, 1.165) is 12.8 Å². The van der Waals surface area contributed by atoms with Crippen LogP contribution >= 0.6 is 11.6 Å². The van der Waals surface area contributed by atoms with E-state index in [-0.39, 0.29) is 6.10 Å². The fourth-order valence-corrected chi connectivity index (χ4v) is 3.41. The van der Waals surface area contributed by atoms with Gasteiger partial charge >= 0.3 is 0 Å². The summed E-state index contributed by atoms with van der Waals surface area (Å²) in [7, 11) is 1.61. The van der Waals surface area contributed by atoms with Crippen LogP contribution in [-0.4, -0.2) is 23.2 Å². The molecule has 0 aromatic carbocycles. The minimum atomic E-state index is 0.190. The smallest absolute Gasteiger partial charge is 0.218 e. The predicted octanol–water partition coefficient (Wildman–Crippen LogP) is 3.87. The van der Waals surface area contributed by atoms with Gasteiger partial charge in [0, 0.05) is 13.2 Å². The molecule has 1 fully saturated rings. The molecule has 0 spiro atoms. The van der Waals surface area contributed by atoms with Crippen molar-refractivity contribution in [2.24, 2.45) is 11.3 Å². The molecule has 0 saturated heterocycles. The highest BCUT2D eigenvalue weighted by Gasteiger charge is 2.33. The van der Waals surface area contributed by atoms with Crippen molar-refractivity contribution in [2.75, 3.05) is 7.11 Å². The second-order valence-corrected chi connectivity index (χ2v) is 6.92. The molecule has 1 saturated carbocycles. The standard InChI is InChI=1S/C15H23ClN2O2/c1-10-5-11(8-15(2,3)7-10)20-14-6-12(16)17-13(18-14)9-19-4/h6,10-11H,5,7-9H2,1-4H3. The van der Waals surface area contributed by atoms with Crippen molar-refractivity contribution in [3.05, 3.63) is 17.0 Å². The summed E-state index contributed by atoms with van der Waals surface area (Å²) in [6, 6.07) is 1.67. The maximum atomic E-state index is 6.04. The van der Waals surface area contributed by atoms with E-state index in [2.05, 4.69) is 30.7 Å². The minimum Gasteiger partial charge on any atom is -0.474 e. The molecule has 2 unspecified atom stereocenters. The van der Waals surface area contributed by atoms with E-state index in [9.17, 15) is 0 Å². The van der Waals surface area contributed by atoms with Gasteiger partial charge in [-0.3, -0.25) is 0 Å². The van der Waals surface area contributed by atoms with Gasteiger partial charge in [-0.2, -0.15) is 4.98 Å². The van der Waals surface area contributed by atoms with Crippen LogP contribution in [0.15, 0.2) is 6.07 Å². The zero-order valence-electron chi connectivity index (χ0n) is 12.6. The monoisotopic (exact) mass is 298 g/mol. The van der Waals surface area contributed by atoms with Crippen LogP contribution in [0.3, 0.4) is 0 Å². The fraction of sp³-hybridized carbons (Fsp3) is 0.733. The van der Waals surface area contributed by atoms with Crippen molar-refractivity contribution in [2.45, 2.75) is 52.7 Å². The lowest BCUT2D eigenvalue weighted by Crippen LogP contribution is -2.34. The van der Waals surface area contributed by atoms with E-state index in [1.54, 1.807) is 13.2 Å². The van der Waals surface area contributed by atoms with Crippen LogP contribution in [0.2, 0.25) is 5.15 Å². The number of nitrogens with zero attached hydrogens (tertiary/aromatic N) is 2. The molecule has 2 rings (SSSR count). The summed E-state index contributed by atoms with van der Waals surface area (Å²) in [5, 5.41) is 0.394. The van der Waals surface area contributed by atoms with Gasteiger partial charge in [-0.25, -0.2) is 4.98 Å². The molecule has 1 heterocycles. The van der Waals surface area contributed by atoms with Gasteiger partial charge in [0.2, 0.25) is 5.88 Å². The first-order chi connectivity index (χ1) is 9.38. The molecule has 4 nitrogen and oxygen atoms in total. The molecule has 0 amide bonds. The topological polar surface area (TPSA) is 44.2 Å². The quantitative estimate of drug-likeness (QED) is 0.792. The molecule has 0 bridgehead atoms. The lowest BCUT2D eigenvalue weighted by Gasteiger charge is -2.38. The lowest BCUT2D eigenvalue weighted by molar-refractivity contribution is 0.0526. The molecule has 20 heavy (non-hydrogen) atoms. The Morgan fingerprint density at radius 3 is 2.75 bits per heavy atom. The molecule has 0 N–H and O–H groups in total. The molecule has 112 valence electrons. The van der Waals surface area contributed by atoms with Gasteiger partial charge in [0.15, 0.2) is 5.82 Å². The molecule has 1 aromatic heterocycles. The Bertz CT molecular complexity index is 465. The molecule has 1 aliphatic rings.